The maximum Gasteiger partial charge on any atom is 0.0923 e. The van der Waals surface area contributed by atoms with Gasteiger partial charge in [0.1, 0.15) is 0 Å². The Hall–Kier alpha value is -0.940. The van der Waals surface area contributed by atoms with Crippen LogP contribution in [0, 0.1) is 0 Å². The number of hydrogen-bond acceptors (Lipinski definition) is 3. The van der Waals surface area contributed by atoms with Crippen LogP contribution in [0.5, 0.6) is 0 Å². The van der Waals surface area contributed by atoms with Gasteiger partial charge in [0.25, 0.3) is 0 Å². The molecule has 1 N–H and O–H groups in total. The molecule has 4 heteroatoms. The van der Waals surface area contributed by atoms with E-state index in [1.165, 1.54) is 85.1 Å². The fourth-order valence-corrected chi connectivity index (χ4v) is 5.91. The van der Waals surface area contributed by atoms with Gasteiger partial charge in [-0.25, -0.2) is 0 Å². The third-order valence-corrected chi connectivity index (χ3v) is 7.95. The largest absolute Gasteiger partial charge is 0.387 e. The van der Waals surface area contributed by atoms with E-state index in [1.54, 1.807) is 11.3 Å². The molecule has 0 aliphatic rings. The van der Waals surface area contributed by atoms with Crippen LogP contribution in [0.15, 0.2) is 40.2 Å². The lowest BCUT2D eigenvalue weighted by atomic mass is 9.98. The standard InChI is InChI=1S/C28H40BrNOS/c1-3-5-7-9-11-16-30(17-12-10-8-6-4-2)21-27(31)25-19-22-15-18-32-28(22)26-20-23(29)13-14-24(25)26/h13-15,18-20,27,31H,3-12,16-17,21H2,1-2H3. The Morgan fingerprint density at radius 1 is 0.844 bits per heavy atom. The molecular weight excluding hydrogens is 478 g/mol. The lowest BCUT2D eigenvalue weighted by molar-refractivity contribution is 0.111. The van der Waals surface area contributed by atoms with Crippen molar-refractivity contribution in [3.8, 4) is 0 Å². The van der Waals surface area contributed by atoms with Crippen LogP contribution >= 0.6 is 27.3 Å². The third kappa shape index (κ3) is 7.28. The highest BCUT2D eigenvalue weighted by molar-refractivity contribution is 9.10. The fourth-order valence-electron chi connectivity index (χ4n) is 4.64. The minimum Gasteiger partial charge on any atom is -0.387 e. The van der Waals surface area contributed by atoms with Crippen LogP contribution in [0.3, 0.4) is 0 Å². The van der Waals surface area contributed by atoms with Crippen molar-refractivity contribution in [3.63, 3.8) is 0 Å². The second kappa shape index (κ2) is 13.7. The van der Waals surface area contributed by atoms with Crippen LogP contribution in [0.25, 0.3) is 20.9 Å². The van der Waals surface area contributed by atoms with Crippen molar-refractivity contribution in [1.82, 2.24) is 4.90 Å². The van der Waals surface area contributed by atoms with E-state index in [0.29, 0.717) is 0 Å². The molecule has 3 aromatic rings. The molecule has 0 aliphatic carbocycles. The van der Waals surface area contributed by atoms with Gasteiger partial charge in [0, 0.05) is 21.1 Å². The molecule has 32 heavy (non-hydrogen) atoms. The van der Waals surface area contributed by atoms with Gasteiger partial charge in [0.05, 0.1) is 6.10 Å². The van der Waals surface area contributed by atoms with Crippen LogP contribution in [0.2, 0.25) is 0 Å². The summed E-state index contributed by atoms with van der Waals surface area (Å²) >= 11 is 5.42. The van der Waals surface area contributed by atoms with Gasteiger partial charge in [0.15, 0.2) is 0 Å². The highest BCUT2D eigenvalue weighted by Gasteiger charge is 2.18. The van der Waals surface area contributed by atoms with Crippen molar-refractivity contribution in [1.29, 1.82) is 0 Å². The van der Waals surface area contributed by atoms with Gasteiger partial charge in [-0.15, -0.1) is 11.3 Å². The summed E-state index contributed by atoms with van der Waals surface area (Å²) in [6.07, 6.45) is 12.5. The fraction of sp³-hybridized carbons (Fsp3) is 0.571. The van der Waals surface area contributed by atoms with Gasteiger partial charge in [-0.05, 0) is 71.9 Å². The van der Waals surface area contributed by atoms with Gasteiger partial charge in [-0.2, -0.15) is 0 Å². The summed E-state index contributed by atoms with van der Waals surface area (Å²) in [4.78, 5) is 2.52. The summed E-state index contributed by atoms with van der Waals surface area (Å²) in [5, 5.41) is 17.2. The maximum absolute atomic E-state index is 11.4. The smallest absolute Gasteiger partial charge is 0.0923 e. The monoisotopic (exact) mass is 517 g/mol. The van der Waals surface area contributed by atoms with Crippen molar-refractivity contribution in [2.75, 3.05) is 19.6 Å². The molecule has 1 unspecified atom stereocenters. The first-order chi connectivity index (χ1) is 15.6. The van der Waals surface area contributed by atoms with E-state index in [1.807, 2.05) is 0 Å². The molecule has 0 amide bonds. The molecule has 0 saturated heterocycles. The van der Waals surface area contributed by atoms with Crippen LogP contribution in [-0.2, 0) is 0 Å². The molecule has 0 radical (unpaired) electrons. The predicted molar refractivity (Wildman–Crippen MR) is 146 cm³/mol. The van der Waals surface area contributed by atoms with Gasteiger partial charge in [-0.3, -0.25) is 0 Å². The Bertz CT molecular complexity index is 939. The minimum absolute atomic E-state index is 0.464. The van der Waals surface area contributed by atoms with Crippen LogP contribution in [-0.4, -0.2) is 29.6 Å². The number of halogens is 1. The Labute approximate surface area is 207 Å². The second-order valence-electron chi connectivity index (χ2n) is 9.14. The third-order valence-electron chi connectivity index (χ3n) is 6.49. The highest BCUT2D eigenvalue weighted by Crippen LogP contribution is 2.36. The van der Waals surface area contributed by atoms with E-state index in [9.17, 15) is 5.11 Å². The maximum atomic E-state index is 11.4. The zero-order chi connectivity index (χ0) is 22.8. The molecule has 1 aromatic heterocycles. The molecular formula is C28H40BrNOS. The normalized spacial score (nSPS) is 12.9. The number of benzene rings is 2. The first kappa shape index (κ1) is 25.7. The van der Waals surface area contributed by atoms with Crippen molar-refractivity contribution in [2.24, 2.45) is 0 Å². The number of aliphatic hydroxyl groups is 1. The van der Waals surface area contributed by atoms with Gasteiger partial charge in [-0.1, -0.05) is 87.2 Å². The number of aliphatic hydroxyl groups excluding tert-OH is 1. The molecule has 0 bridgehead atoms. The molecule has 1 atom stereocenters. The van der Waals surface area contributed by atoms with E-state index < -0.39 is 6.10 Å². The molecule has 1 heterocycles. The summed E-state index contributed by atoms with van der Waals surface area (Å²) in [7, 11) is 0. The lowest BCUT2D eigenvalue weighted by Gasteiger charge is -2.26. The van der Waals surface area contributed by atoms with E-state index in [4.69, 9.17) is 0 Å². The van der Waals surface area contributed by atoms with E-state index in [0.717, 1.165) is 29.7 Å². The average Bonchev–Trinajstić information content (AvgIpc) is 3.27. The summed E-state index contributed by atoms with van der Waals surface area (Å²) < 4.78 is 2.40. The zero-order valence-electron chi connectivity index (χ0n) is 19.9. The number of thiophene rings is 1. The van der Waals surface area contributed by atoms with Crippen molar-refractivity contribution >= 4 is 48.1 Å². The first-order valence-electron chi connectivity index (χ1n) is 12.6. The molecule has 0 spiro atoms. The molecule has 0 aliphatic heterocycles. The molecule has 2 aromatic carbocycles. The predicted octanol–water partition coefficient (Wildman–Crippen LogP) is 9.09. The average molecular weight is 519 g/mol. The second-order valence-corrected chi connectivity index (χ2v) is 11.0. The number of hydrogen-bond donors (Lipinski definition) is 1. The number of fused-ring (bicyclic) bond motifs is 3. The van der Waals surface area contributed by atoms with Crippen LogP contribution in [0.1, 0.15) is 89.7 Å². The Balaban J connectivity index is 1.72. The van der Waals surface area contributed by atoms with E-state index in [-0.39, 0.29) is 0 Å². The summed E-state index contributed by atoms with van der Waals surface area (Å²) in [6, 6.07) is 10.8. The topological polar surface area (TPSA) is 23.5 Å². The quantitative estimate of drug-likeness (QED) is 0.203. The molecule has 176 valence electrons. The summed E-state index contributed by atoms with van der Waals surface area (Å²) in [5.41, 5.74) is 1.07. The molecule has 2 nitrogen and oxygen atoms in total. The van der Waals surface area contributed by atoms with Crippen molar-refractivity contribution in [2.45, 2.75) is 84.2 Å². The van der Waals surface area contributed by atoms with E-state index >= 15 is 0 Å². The minimum atomic E-state index is -0.464. The van der Waals surface area contributed by atoms with Gasteiger partial charge >= 0.3 is 0 Å². The summed E-state index contributed by atoms with van der Waals surface area (Å²) in [6.45, 7) is 7.46. The van der Waals surface area contributed by atoms with E-state index in [2.05, 4.69) is 70.4 Å². The zero-order valence-corrected chi connectivity index (χ0v) is 22.3. The number of nitrogens with zero attached hydrogens (tertiary/aromatic N) is 1. The Morgan fingerprint density at radius 2 is 1.50 bits per heavy atom. The van der Waals surface area contributed by atoms with Crippen molar-refractivity contribution in [3.05, 3.63) is 45.7 Å². The SMILES string of the molecule is CCCCCCCN(CCCCCCC)CC(O)c1cc2ccsc2c2cc(Br)ccc12. The number of rotatable bonds is 15. The first-order valence-corrected chi connectivity index (χ1v) is 14.3. The van der Waals surface area contributed by atoms with Gasteiger partial charge < -0.3 is 10.0 Å². The Morgan fingerprint density at radius 3 is 2.16 bits per heavy atom. The lowest BCUT2D eigenvalue weighted by Crippen LogP contribution is -2.31. The van der Waals surface area contributed by atoms with Crippen LogP contribution in [0.4, 0.5) is 0 Å². The summed E-state index contributed by atoms with van der Waals surface area (Å²) in [5.74, 6) is 0. The van der Waals surface area contributed by atoms with Crippen LogP contribution < -0.4 is 0 Å². The Kier molecular flexibility index (Phi) is 11.0. The molecule has 0 fully saturated rings. The van der Waals surface area contributed by atoms with Gasteiger partial charge in [0.2, 0.25) is 0 Å². The molecule has 3 rings (SSSR count). The van der Waals surface area contributed by atoms with Crippen molar-refractivity contribution < 1.29 is 5.11 Å². The molecule has 0 saturated carbocycles. The highest BCUT2D eigenvalue weighted by atomic mass is 79.9. The number of unbranched alkanes of at least 4 members (excludes halogenated alkanes) is 8.